The predicted octanol–water partition coefficient (Wildman–Crippen LogP) is 0.966. The maximum atomic E-state index is 12.2. The molecule has 2 heterocycles. The van der Waals surface area contributed by atoms with Gasteiger partial charge in [0.15, 0.2) is 0 Å². The number of carbonyl (C=O) groups excluding carboxylic acids is 1. The summed E-state index contributed by atoms with van der Waals surface area (Å²) < 4.78 is 5.25. The second-order valence-corrected chi connectivity index (χ2v) is 4.47. The van der Waals surface area contributed by atoms with Crippen molar-refractivity contribution >= 4 is 30.8 Å². The summed E-state index contributed by atoms with van der Waals surface area (Å²) in [7, 11) is 1.92. The summed E-state index contributed by atoms with van der Waals surface area (Å²) >= 11 is 0. The number of hydrogen-bond donors (Lipinski definition) is 1. The van der Waals surface area contributed by atoms with Gasteiger partial charge in [-0.05, 0) is 25.9 Å². The fourth-order valence-electron chi connectivity index (χ4n) is 2.33. The molecule has 0 aromatic carbocycles. The van der Waals surface area contributed by atoms with Gasteiger partial charge in [0.25, 0.3) is 0 Å². The third-order valence-corrected chi connectivity index (χ3v) is 3.44. The fourth-order valence-corrected chi connectivity index (χ4v) is 2.33. The molecular weight excluding hydrogens is 277 g/mol. The summed E-state index contributed by atoms with van der Waals surface area (Å²) in [6, 6.07) is 0.562. The van der Waals surface area contributed by atoms with E-state index in [4.69, 9.17) is 4.74 Å². The molecule has 0 aliphatic carbocycles. The minimum atomic E-state index is 0. The molecule has 0 unspecified atom stereocenters. The molecule has 0 radical (unpaired) electrons. The molecule has 2 fully saturated rings. The van der Waals surface area contributed by atoms with Crippen molar-refractivity contribution in [3.05, 3.63) is 0 Å². The smallest absolute Gasteiger partial charge is 0.320 e. The molecule has 18 heavy (non-hydrogen) atoms. The number of ether oxygens (including phenoxy) is 1. The van der Waals surface area contributed by atoms with E-state index in [2.05, 4.69) is 5.32 Å². The third-order valence-electron chi connectivity index (χ3n) is 3.44. The molecule has 2 amide bonds. The largest absolute Gasteiger partial charge is 0.378 e. The molecule has 0 aromatic heterocycles. The van der Waals surface area contributed by atoms with Crippen molar-refractivity contribution in [3.63, 3.8) is 0 Å². The Morgan fingerprint density at radius 2 is 1.78 bits per heavy atom. The number of urea groups is 1. The quantitative estimate of drug-likeness (QED) is 0.785. The van der Waals surface area contributed by atoms with Crippen LogP contribution in [0, 0.1) is 0 Å². The van der Waals surface area contributed by atoms with Gasteiger partial charge in [0, 0.05) is 26.2 Å². The minimum Gasteiger partial charge on any atom is -0.378 e. The average molecular weight is 300 g/mol. The Morgan fingerprint density at radius 1 is 1.22 bits per heavy atom. The standard InChI is InChI=1S/C11H21N3O2.2ClH/c1-13(10-2-4-12-5-3-10)11(15)14-6-8-16-9-7-14;;/h10,12H,2-9H2,1H3;2*1H. The van der Waals surface area contributed by atoms with Crippen LogP contribution in [0.15, 0.2) is 0 Å². The average Bonchev–Trinajstić information content (AvgIpc) is 2.39. The first-order chi connectivity index (χ1) is 7.79. The molecule has 0 spiro atoms. The zero-order chi connectivity index (χ0) is 11.4. The normalized spacial score (nSPS) is 20.6. The Bertz CT molecular complexity index is 244. The van der Waals surface area contributed by atoms with Crippen molar-refractivity contribution in [1.82, 2.24) is 15.1 Å². The van der Waals surface area contributed by atoms with Crippen molar-refractivity contribution in [1.29, 1.82) is 0 Å². The molecular formula is C11H23Cl2N3O2. The van der Waals surface area contributed by atoms with Crippen LogP contribution >= 0.6 is 24.8 Å². The van der Waals surface area contributed by atoms with Crippen LogP contribution < -0.4 is 5.32 Å². The zero-order valence-electron chi connectivity index (χ0n) is 10.8. The Balaban J connectivity index is 0.00000144. The molecule has 0 aromatic rings. The molecule has 2 saturated heterocycles. The van der Waals surface area contributed by atoms with Crippen LogP contribution in [0.1, 0.15) is 12.8 Å². The lowest BCUT2D eigenvalue weighted by atomic mass is 10.1. The summed E-state index contributed by atoms with van der Waals surface area (Å²) in [5.41, 5.74) is 0. The van der Waals surface area contributed by atoms with Gasteiger partial charge in [0.2, 0.25) is 0 Å². The number of amides is 2. The van der Waals surface area contributed by atoms with E-state index in [9.17, 15) is 4.79 Å². The number of rotatable bonds is 1. The molecule has 0 bridgehead atoms. The van der Waals surface area contributed by atoms with Crippen LogP contribution in [0.2, 0.25) is 0 Å². The molecule has 1 N–H and O–H groups in total. The van der Waals surface area contributed by atoms with E-state index in [-0.39, 0.29) is 30.8 Å². The predicted molar refractivity (Wildman–Crippen MR) is 75.9 cm³/mol. The molecule has 2 aliphatic rings. The maximum absolute atomic E-state index is 12.2. The van der Waals surface area contributed by atoms with Crippen molar-refractivity contribution in [2.45, 2.75) is 18.9 Å². The van der Waals surface area contributed by atoms with Crippen LogP contribution in [0.4, 0.5) is 4.79 Å². The minimum absolute atomic E-state index is 0. The van der Waals surface area contributed by atoms with Crippen LogP contribution in [0.3, 0.4) is 0 Å². The number of nitrogens with one attached hydrogen (secondary N) is 1. The molecule has 0 saturated carbocycles. The maximum Gasteiger partial charge on any atom is 0.320 e. The first kappa shape index (κ1) is 17.8. The molecule has 2 aliphatic heterocycles. The van der Waals surface area contributed by atoms with Gasteiger partial charge in [-0.3, -0.25) is 0 Å². The number of hydrogen-bond acceptors (Lipinski definition) is 3. The highest BCUT2D eigenvalue weighted by molar-refractivity contribution is 5.85. The molecule has 108 valence electrons. The summed E-state index contributed by atoms with van der Waals surface area (Å²) in [4.78, 5) is 16.0. The van der Waals surface area contributed by atoms with E-state index in [0.717, 1.165) is 39.0 Å². The number of halogens is 2. The SMILES string of the molecule is CN(C(=O)N1CCOCC1)C1CCNCC1.Cl.Cl. The van der Waals surface area contributed by atoms with E-state index in [1.165, 1.54) is 0 Å². The lowest BCUT2D eigenvalue weighted by Gasteiger charge is -2.36. The third kappa shape index (κ3) is 4.46. The molecule has 7 heteroatoms. The van der Waals surface area contributed by atoms with Crippen molar-refractivity contribution < 1.29 is 9.53 Å². The van der Waals surface area contributed by atoms with Crippen LogP contribution in [0.5, 0.6) is 0 Å². The number of piperidine rings is 1. The van der Waals surface area contributed by atoms with E-state index in [1.807, 2.05) is 16.8 Å². The monoisotopic (exact) mass is 299 g/mol. The highest BCUT2D eigenvalue weighted by Gasteiger charge is 2.26. The number of nitrogens with zero attached hydrogens (tertiary/aromatic N) is 2. The van der Waals surface area contributed by atoms with Crippen LogP contribution in [-0.2, 0) is 4.74 Å². The second-order valence-electron chi connectivity index (χ2n) is 4.47. The van der Waals surface area contributed by atoms with Crippen molar-refractivity contribution in [3.8, 4) is 0 Å². The Morgan fingerprint density at radius 3 is 2.33 bits per heavy atom. The van der Waals surface area contributed by atoms with Gasteiger partial charge in [-0.2, -0.15) is 0 Å². The second kappa shape index (κ2) is 8.80. The number of carbonyl (C=O) groups is 1. The summed E-state index contributed by atoms with van der Waals surface area (Å²) in [6.45, 7) is 4.84. The van der Waals surface area contributed by atoms with Crippen LogP contribution in [0.25, 0.3) is 0 Å². The highest BCUT2D eigenvalue weighted by Crippen LogP contribution is 2.12. The van der Waals surface area contributed by atoms with E-state index >= 15 is 0 Å². The summed E-state index contributed by atoms with van der Waals surface area (Å²) in [5.74, 6) is 0. The van der Waals surface area contributed by atoms with E-state index < -0.39 is 0 Å². The zero-order valence-corrected chi connectivity index (χ0v) is 12.4. The van der Waals surface area contributed by atoms with Gasteiger partial charge < -0.3 is 19.9 Å². The van der Waals surface area contributed by atoms with E-state index in [0.29, 0.717) is 19.3 Å². The van der Waals surface area contributed by atoms with Gasteiger partial charge in [0.05, 0.1) is 13.2 Å². The molecule has 2 rings (SSSR count). The molecule has 5 nitrogen and oxygen atoms in total. The van der Waals surface area contributed by atoms with Gasteiger partial charge in [-0.15, -0.1) is 24.8 Å². The van der Waals surface area contributed by atoms with Gasteiger partial charge in [-0.25, -0.2) is 4.79 Å². The number of morpholine rings is 1. The van der Waals surface area contributed by atoms with Gasteiger partial charge >= 0.3 is 6.03 Å². The summed E-state index contributed by atoms with van der Waals surface area (Å²) in [6.07, 6.45) is 2.12. The van der Waals surface area contributed by atoms with Crippen molar-refractivity contribution in [2.24, 2.45) is 0 Å². The van der Waals surface area contributed by atoms with E-state index in [1.54, 1.807) is 0 Å². The first-order valence-electron chi connectivity index (χ1n) is 6.09. The highest BCUT2D eigenvalue weighted by atomic mass is 35.5. The van der Waals surface area contributed by atoms with Gasteiger partial charge in [0.1, 0.15) is 0 Å². The fraction of sp³-hybridized carbons (Fsp3) is 0.909. The van der Waals surface area contributed by atoms with Gasteiger partial charge in [-0.1, -0.05) is 0 Å². The molecule has 0 atom stereocenters. The Kier molecular flexibility index (Phi) is 8.69. The lowest BCUT2D eigenvalue weighted by molar-refractivity contribution is 0.0406. The van der Waals surface area contributed by atoms with Crippen LogP contribution in [-0.4, -0.2) is 68.3 Å². The summed E-state index contributed by atoms with van der Waals surface area (Å²) in [5, 5.41) is 3.32. The Hall–Kier alpha value is -0.230. The first-order valence-corrected chi connectivity index (χ1v) is 6.09. The Labute approximate surface area is 121 Å². The van der Waals surface area contributed by atoms with Crippen molar-refractivity contribution in [2.75, 3.05) is 46.4 Å². The topological polar surface area (TPSA) is 44.8 Å². The lowest BCUT2D eigenvalue weighted by Crippen LogP contribution is -2.52.